The third kappa shape index (κ3) is 3.58. The lowest BCUT2D eigenvalue weighted by Gasteiger charge is -2.08. The molecule has 114 valence electrons. The number of thiophene rings is 1. The van der Waals surface area contributed by atoms with Crippen molar-refractivity contribution in [3.8, 4) is 0 Å². The Morgan fingerprint density at radius 1 is 1.24 bits per heavy atom. The van der Waals surface area contributed by atoms with E-state index in [4.69, 9.17) is 0 Å². The molecule has 0 fully saturated rings. The largest absolute Gasteiger partial charge is 0.315 e. The minimum atomic E-state index is -3.95. The van der Waals surface area contributed by atoms with Crippen molar-refractivity contribution < 1.29 is 17.2 Å². The fourth-order valence-corrected chi connectivity index (χ4v) is 4.53. The molecule has 0 bridgehead atoms. The lowest BCUT2D eigenvalue weighted by atomic mass is 10.3. The predicted octanol–water partition coefficient (Wildman–Crippen LogP) is 2.85. The Balaban J connectivity index is 2.36. The van der Waals surface area contributed by atoms with Crippen LogP contribution in [0.2, 0.25) is 0 Å². The van der Waals surface area contributed by atoms with E-state index in [1.807, 2.05) is 0 Å². The molecule has 21 heavy (non-hydrogen) atoms. The molecule has 0 saturated heterocycles. The molecule has 2 rings (SSSR count). The average molecular weight is 332 g/mol. The van der Waals surface area contributed by atoms with Gasteiger partial charge in [0.15, 0.2) is 0 Å². The van der Waals surface area contributed by atoms with Gasteiger partial charge in [-0.15, -0.1) is 11.3 Å². The molecule has 1 heterocycles. The van der Waals surface area contributed by atoms with E-state index in [0.29, 0.717) is 11.4 Å². The topological polar surface area (TPSA) is 58.2 Å². The van der Waals surface area contributed by atoms with Gasteiger partial charge in [0.25, 0.3) is 10.0 Å². The van der Waals surface area contributed by atoms with Crippen LogP contribution in [0.15, 0.2) is 29.2 Å². The van der Waals surface area contributed by atoms with Crippen LogP contribution < -0.4 is 10.0 Å². The Kier molecular flexibility index (Phi) is 4.60. The number of nitrogens with one attached hydrogen (secondary N) is 2. The summed E-state index contributed by atoms with van der Waals surface area (Å²) in [6, 6.07) is 4.13. The molecule has 1 aromatic carbocycles. The molecule has 0 aliphatic heterocycles. The molecule has 8 heteroatoms. The summed E-state index contributed by atoms with van der Waals surface area (Å²) in [5.41, 5.74) is -0.407. The monoisotopic (exact) mass is 332 g/mol. The smallest absolute Gasteiger partial charge is 0.263 e. The first-order valence-electron chi connectivity index (χ1n) is 6.05. The molecule has 0 atom stereocenters. The van der Waals surface area contributed by atoms with Gasteiger partial charge in [-0.2, -0.15) is 0 Å². The number of halogens is 2. The van der Waals surface area contributed by atoms with Crippen molar-refractivity contribution in [2.24, 2.45) is 0 Å². The number of sulfonamides is 1. The first-order chi connectivity index (χ1) is 9.83. The van der Waals surface area contributed by atoms with E-state index in [9.17, 15) is 17.2 Å². The van der Waals surface area contributed by atoms with Crippen molar-refractivity contribution in [1.82, 2.24) is 5.32 Å². The van der Waals surface area contributed by atoms with Gasteiger partial charge in [-0.05, 0) is 32.2 Å². The van der Waals surface area contributed by atoms with E-state index >= 15 is 0 Å². The molecule has 1 aromatic heterocycles. The van der Waals surface area contributed by atoms with Crippen molar-refractivity contribution in [2.45, 2.75) is 18.4 Å². The highest BCUT2D eigenvalue weighted by Gasteiger charge is 2.21. The van der Waals surface area contributed by atoms with Gasteiger partial charge < -0.3 is 5.32 Å². The van der Waals surface area contributed by atoms with Crippen molar-refractivity contribution >= 4 is 27.0 Å². The zero-order valence-corrected chi connectivity index (χ0v) is 13.0. The molecular weight excluding hydrogens is 318 g/mol. The SMILES string of the molecule is CNCc1cc(S(=O)(=O)Nc2cc(F)ccc2F)c(C)s1. The van der Waals surface area contributed by atoms with Gasteiger partial charge in [0, 0.05) is 22.4 Å². The number of hydrogen-bond acceptors (Lipinski definition) is 4. The fraction of sp³-hybridized carbons (Fsp3) is 0.231. The molecule has 0 aliphatic rings. The average Bonchev–Trinajstić information content (AvgIpc) is 2.76. The Bertz CT molecular complexity index is 758. The summed E-state index contributed by atoms with van der Waals surface area (Å²) in [6.45, 7) is 2.20. The fourth-order valence-electron chi connectivity index (χ4n) is 1.83. The third-order valence-corrected chi connectivity index (χ3v) is 5.41. The van der Waals surface area contributed by atoms with E-state index < -0.39 is 27.3 Å². The van der Waals surface area contributed by atoms with Crippen LogP contribution in [-0.2, 0) is 16.6 Å². The van der Waals surface area contributed by atoms with Crippen molar-refractivity contribution in [1.29, 1.82) is 0 Å². The van der Waals surface area contributed by atoms with Gasteiger partial charge in [-0.3, -0.25) is 4.72 Å². The lowest BCUT2D eigenvalue weighted by Crippen LogP contribution is -2.14. The van der Waals surface area contributed by atoms with Gasteiger partial charge in [0.1, 0.15) is 16.5 Å². The van der Waals surface area contributed by atoms with E-state index in [1.54, 1.807) is 14.0 Å². The molecule has 0 aliphatic carbocycles. The van der Waals surface area contributed by atoms with Crippen LogP contribution >= 0.6 is 11.3 Å². The maximum absolute atomic E-state index is 13.5. The van der Waals surface area contributed by atoms with E-state index in [0.717, 1.165) is 23.1 Å². The van der Waals surface area contributed by atoms with Crippen LogP contribution in [0.5, 0.6) is 0 Å². The van der Waals surface area contributed by atoms with Gasteiger partial charge >= 0.3 is 0 Å². The second-order valence-corrected chi connectivity index (χ2v) is 7.38. The molecule has 4 nitrogen and oxygen atoms in total. The molecule has 0 saturated carbocycles. The molecule has 2 N–H and O–H groups in total. The number of anilines is 1. The highest BCUT2D eigenvalue weighted by atomic mass is 32.2. The summed E-state index contributed by atoms with van der Waals surface area (Å²) in [5, 5.41) is 2.93. The zero-order chi connectivity index (χ0) is 15.6. The third-order valence-electron chi connectivity index (χ3n) is 2.74. The van der Waals surface area contributed by atoms with Crippen molar-refractivity contribution in [2.75, 3.05) is 11.8 Å². The zero-order valence-electron chi connectivity index (χ0n) is 11.4. The minimum absolute atomic E-state index is 0.0708. The molecular formula is C13H14F2N2O2S2. The Labute approximate surface area is 125 Å². The molecule has 0 unspecified atom stereocenters. The molecule has 0 radical (unpaired) electrons. The van der Waals surface area contributed by atoms with Crippen LogP contribution in [0.1, 0.15) is 9.75 Å². The second-order valence-electron chi connectivity index (χ2n) is 4.39. The highest BCUT2D eigenvalue weighted by Crippen LogP contribution is 2.28. The summed E-state index contributed by atoms with van der Waals surface area (Å²) in [6.07, 6.45) is 0. The first kappa shape index (κ1) is 15.9. The van der Waals surface area contributed by atoms with Crippen LogP contribution in [0.4, 0.5) is 14.5 Å². The summed E-state index contributed by atoms with van der Waals surface area (Å²) < 4.78 is 53.3. The maximum Gasteiger partial charge on any atom is 0.263 e. The number of hydrogen-bond donors (Lipinski definition) is 2. The Hall–Kier alpha value is -1.51. The first-order valence-corrected chi connectivity index (χ1v) is 8.35. The summed E-state index contributed by atoms with van der Waals surface area (Å²) in [7, 11) is -2.20. The van der Waals surface area contributed by atoms with Gasteiger partial charge in [-0.1, -0.05) is 0 Å². The number of benzene rings is 1. The normalized spacial score (nSPS) is 11.6. The van der Waals surface area contributed by atoms with Gasteiger partial charge in [0.2, 0.25) is 0 Å². The second kappa shape index (κ2) is 6.08. The molecule has 0 spiro atoms. The molecule has 0 amide bonds. The Morgan fingerprint density at radius 3 is 2.62 bits per heavy atom. The van der Waals surface area contributed by atoms with Gasteiger partial charge in [-0.25, -0.2) is 17.2 Å². The van der Waals surface area contributed by atoms with Crippen LogP contribution in [0.25, 0.3) is 0 Å². The van der Waals surface area contributed by atoms with E-state index in [1.165, 1.54) is 17.4 Å². The minimum Gasteiger partial charge on any atom is -0.315 e. The summed E-state index contributed by atoms with van der Waals surface area (Å²) >= 11 is 1.33. The summed E-state index contributed by atoms with van der Waals surface area (Å²) in [4.78, 5) is 1.50. The van der Waals surface area contributed by atoms with E-state index in [-0.39, 0.29) is 4.90 Å². The number of rotatable bonds is 5. The quantitative estimate of drug-likeness (QED) is 0.885. The summed E-state index contributed by atoms with van der Waals surface area (Å²) in [5.74, 6) is -1.55. The standard InChI is InChI=1S/C13H14F2N2O2S2/c1-8-13(6-10(20-8)7-16-2)21(18,19)17-12-5-9(14)3-4-11(12)15/h3-6,16-17H,7H2,1-2H3. The maximum atomic E-state index is 13.5. The number of aryl methyl sites for hydroxylation is 1. The van der Waals surface area contributed by atoms with Crippen molar-refractivity contribution in [3.63, 3.8) is 0 Å². The Morgan fingerprint density at radius 2 is 1.95 bits per heavy atom. The molecule has 2 aromatic rings. The van der Waals surface area contributed by atoms with Gasteiger partial charge in [0.05, 0.1) is 5.69 Å². The van der Waals surface area contributed by atoms with Crippen LogP contribution in [0, 0.1) is 18.6 Å². The van der Waals surface area contributed by atoms with Crippen molar-refractivity contribution in [3.05, 3.63) is 45.7 Å². The van der Waals surface area contributed by atoms with Crippen LogP contribution in [0.3, 0.4) is 0 Å². The lowest BCUT2D eigenvalue weighted by molar-refractivity contribution is 0.594. The van der Waals surface area contributed by atoms with Crippen LogP contribution in [-0.4, -0.2) is 15.5 Å². The predicted molar refractivity (Wildman–Crippen MR) is 79.0 cm³/mol. The van der Waals surface area contributed by atoms with E-state index in [2.05, 4.69) is 10.0 Å². The highest BCUT2D eigenvalue weighted by molar-refractivity contribution is 7.93.